The Balaban J connectivity index is 2.20. The largest absolute Gasteiger partial charge is 0.507 e. The van der Waals surface area contributed by atoms with Crippen molar-refractivity contribution in [3.8, 4) is 5.75 Å². The standard InChI is InChI=1S/C14H16FN3O2/c1-14(2,3)11-7-12(18-17-11)16-13(20)9-6-8(15)4-5-10(9)19/h4-7,19H,1-3H3,(H2,16,17,18,20). The number of rotatable bonds is 2. The number of hydrogen-bond acceptors (Lipinski definition) is 3. The Hall–Kier alpha value is -2.37. The normalized spacial score (nSPS) is 11.4. The van der Waals surface area contributed by atoms with Gasteiger partial charge in [-0.2, -0.15) is 5.10 Å². The zero-order valence-corrected chi connectivity index (χ0v) is 11.5. The van der Waals surface area contributed by atoms with Crippen LogP contribution in [0.15, 0.2) is 24.3 Å². The SMILES string of the molecule is CC(C)(C)c1cc(NC(=O)c2cc(F)ccc2O)n[nH]1. The summed E-state index contributed by atoms with van der Waals surface area (Å²) in [5.74, 6) is -1.17. The average molecular weight is 277 g/mol. The molecule has 0 aliphatic rings. The van der Waals surface area contributed by atoms with Gasteiger partial charge in [0.15, 0.2) is 5.82 Å². The van der Waals surface area contributed by atoms with Crippen molar-refractivity contribution < 1.29 is 14.3 Å². The molecule has 0 aliphatic heterocycles. The van der Waals surface area contributed by atoms with Crippen molar-refractivity contribution in [2.75, 3.05) is 5.32 Å². The quantitative estimate of drug-likeness (QED) is 0.789. The lowest BCUT2D eigenvalue weighted by Gasteiger charge is -2.14. The molecule has 0 radical (unpaired) electrons. The van der Waals surface area contributed by atoms with E-state index < -0.39 is 11.7 Å². The van der Waals surface area contributed by atoms with E-state index in [1.54, 1.807) is 6.07 Å². The second-order valence-electron chi connectivity index (χ2n) is 5.53. The van der Waals surface area contributed by atoms with Crippen LogP contribution in [-0.2, 0) is 5.41 Å². The van der Waals surface area contributed by atoms with Crippen LogP contribution in [0, 0.1) is 5.82 Å². The van der Waals surface area contributed by atoms with Crippen molar-refractivity contribution >= 4 is 11.7 Å². The first-order valence-electron chi connectivity index (χ1n) is 6.13. The van der Waals surface area contributed by atoms with Gasteiger partial charge in [0.2, 0.25) is 0 Å². The number of nitrogens with zero attached hydrogens (tertiary/aromatic N) is 1. The number of halogens is 1. The van der Waals surface area contributed by atoms with Gasteiger partial charge >= 0.3 is 0 Å². The topological polar surface area (TPSA) is 78.0 Å². The van der Waals surface area contributed by atoms with Crippen LogP contribution in [0.5, 0.6) is 5.75 Å². The highest BCUT2D eigenvalue weighted by Crippen LogP contribution is 2.23. The van der Waals surface area contributed by atoms with Crippen LogP contribution >= 0.6 is 0 Å². The minimum Gasteiger partial charge on any atom is -0.507 e. The highest BCUT2D eigenvalue weighted by molar-refractivity contribution is 6.05. The predicted molar refractivity (Wildman–Crippen MR) is 73.3 cm³/mol. The van der Waals surface area contributed by atoms with Gasteiger partial charge < -0.3 is 10.4 Å². The van der Waals surface area contributed by atoms with Gasteiger partial charge in [-0.05, 0) is 18.2 Å². The summed E-state index contributed by atoms with van der Waals surface area (Å²) in [4.78, 5) is 12.0. The fraction of sp³-hybridized carbons (Fsp3) is 0.286. The van der Waals surface area contributed by atoms with Crippen LogP contribution in [0.4, 0.5) is 10.2 Å². The molecule has 1 amide bonds. The number of carbonyl (C=O) groups excluding carboxylic acids is 1. The molecule has 1 heterocycles. The number of H-pyrrole nitrogens is 1. The van der Waals surface area contributed by atoms with Crippen LogP contribution < -0.4 is 5.32 Å². The lowest BCUT2D eigenvalue weighted by Crippen LogP contribution is -2.13. The lowest BCUT2D eigenvalue weighted by molar-refractivity contribution is 0.102. The highest BCUT2D eigenvalue weighted by atomic mass is 19.1. The first kappa shape index (κ1) is 14.0. The summed E-state index contributed by atoms with van der Waals surface area (Å²) in [7, 11) is 0. The van der Waals surface area contributed by atoms with Gasteiger partial charge in [0.25, 0.3) is 5.91 Å². The summed E-state index contributed by atoms with van der Waals surface area (Å²) in [6.07, 6.45) is 0. The minimum atomic E-state index is -0.617. The maximum absolute atomic E-state index is 13.1. The monoisotopic (exact) mass is 277 g/mol. The fourth-order valence-corrected chi connectivity index (χ4v) is 1.64. The van der Waals surface area contributed by atoms with E-state index in [1.165, 1.54) is 0 Å². The third-order valence-electron chi connectivity index (χ3n) is 2.83. The molecule has 5 nitrogen and oxygen atoms in total. The number of amides is 1. The smallest absolute Gasteiger partial charge is 0.260 e. The van der Waals surface area contributed by atoms with E-state index in [-0.39, 0.29) is 16.7 Å². The van der Waals surface area contributed by atoms with Crippen LogP contribution in [0.1, 0.15) is 36.8 Å². The number of nitrogens with one attached hydrogen (secondary N) is 2. The summed E-state index contributed by atoms with van der Waals surface area (Å²) < 4.78 is 13.1. The third kappa shape index (κ3) is 2.96. The number of anilines is 1. The molecular formula is C14H16FN3O2. The first-order valence-corrected chi connectivity index (χ1v) is 6.13. The van der Waals surface area contributed by atoms with Crippen LogP contribution in [0.25, 0.3) is 0 Å². The molecule has 1 aromatic carbocycles. The Morgan fingerprint density at radius 3 is 2.65 bits per heavy atom. The molecule has 2 rings (SSSR count). The van der Waals surface area contributed by atoms with Gasteiger partial charge in [0.1, 0.15) is 11.6 Å². The second-order valence-corrected chi connectivity index (χ2v) is 5.53. The van der Waals surface area contributed by atoms with Gasteiger partial charge in [-0.25, -0.2) is 4.39 Å². The molecule has 20 heavy (non-hydrogen) atoms. The zero-order valence-electron chi connectivity index (χ0n) is 11.5. The van der Waals surface area contributed by atoms with Gasteiger partial charge in [-0.1, -0.05) is 20.8 Å². The minimum absolute atomic E-state index is 0.128. The predicted octanol–water partition coefficient (Wildman–Crippen LogP) is 2.80. The van der Waals surface area contributed by atoms with Crippen molar-refractivity contribution in [3.05, 3.63) is 41.3 Å². The van der Waals surface area contributed by atoms with Crippen molar-refractivity contribution in [3.63, 3.8) is 0 Å². The number of benzene rings is 1. The number of carbonyl (C=O) groups is 1. The molecule has 0 bridgehead atoms. The molecule has 0 atom stereocenters. The van der Waals surface area contributed by atoms with Crippen LogP contribution in [0.3, 0.4) is 0 Å². The second kappa shape index (κ2) is 4.96. The summed E-state index contributed by atoms with van der Waals surface area (Å²) in [6, 6.07) is 4.89. The molecule has 6 heteroatoms. The Bertz CT molecular complexity index is 644. The molecule has 0 fully saturated rings. The number of hydrogen-bond donors (Lipinski definition) is 3. The van der Waals surface area contributed by atoms with Gasteiger partial charge in [0, 0.05) is 17.2 Å². The van der Waals surface area contributed by atoms with Crippen molar-refractivity contribution in [2.45, 2.75) is 26.2 Å². The van der Waals surface area contributed by atoms with Crippen LogP contribution in [-0.4, -0.2) is 21.2 Å². The summed E-state index contributed by atoms with van der Waals surface area (Å²) in [5, 5.41) is 18.9. The molecule has 0 unspecified atom stereocenters. The molecule has 0 aliphatic carbocycles. The lowest BCUT2D eigenvalue weighted by atomic mass is 9.92. The number of aromatic amines is 1. The number of phenolic OH excluding ortho intramolecular Hbond substituents is 1. The Morgan fingerprint density at radius 1 is 1.35 bits per heavy atom. The molecular weight excluding hydrogens is 261 g/mol. The molecule has 1 aromatic heterocycles. The molecule has 3 N–H and O–H groups in total. The molecule has 2 aromatic rings. The maximum Gasteiger partial charge on any atom is 0.260 e. The van der Waals surface area contributed by atoms with E-state index in [1.807, 2.05) is 20.8 Å². The summed E-state index contributed by atoms with van der Waals surface area (Å²) in [5.41, 5.74) is 0.596. The molecule has 0 saturated heterocycles. The van der Waals surface area contributed by atoms with E-state index in [0.717, 1.165) is 23.9 Å². The van der Waals surface area contributed by atoms with E-state index in [0.29, 0.717) is 5.82 Å². The van der Waals surface area contributed by atoms with E-state index in [9.17, 15) is 14.3 Å². The zero-order chi connectivity index (χ0) is 14.9. The number of aromatic hydroxyl groups is 1. The van der Waals surface area contributed by atoms with Gasteiger partial charge in [-0.3, -0.25) is 9.89 Å². The highest BCUT2D eigenvalue weighted by Gasteiger charge is 2.18. The molecule has 106 valence electrons. The van der Waals surface area contributed by atoms with Crippen molar-refractivity contribution in [1.82, 2.24) is 10.2 Å². The van der Waals surface area contributed by atoms with Crippen LogP contribution in [0.2, 0.25) is 0 Å². The molecule has 0 spiro atoms. The summed E-state index contributed by atoms with van der Waals surface area (Å²) >= 11 is 0. The average Bonchev–Trinajstić information content (AvgIpc) is 2.80. The van der Waals surface area contributed by atoms with E-state index in [4.69, 9.17) is 0 Å². The van der Waals surface area contributed by atoms with E-state index >= 15 is 0 Å². The first-order chi connectivity index (χ1) is 9.27. The Morgan fingerprint density at radius 2 is 2.05 bits per heavy atom. The number of aromatic nitrogens is 2. The maximum atomic E-state index is 13.1. The third-order valence-corrected chi connectivity index (χ3v) is 2.83. The Labute approximate surface area is 115 Å². The number of phenols is 1. The van der Waals surface area contributed by atoms with Gasteiger partial charge in [0.05, 0.1) is 5.56 Å². The summed E-state index contributed by atoms with van der Waals surface area (Å²) in [6.45, 7) is 6.01. The Kier molecular flexibility index (Phi) is 3.48. The van der Waals surface area contributed by atoms with E-state index in [2.05, 4.69) is 15.5 Å². The fourth-order valence-electron chi connectivity index (χ4n) is 1.64. The van der Waals surface area contributed by atoms with Crippen molar-refractivity contribution in [2.24, 2.45) is 0 Å². The van der Waals surface area contributed by atoms with Crippen molar-refractivity contribution in [1.29, 1.82) is 0 Å². The molecule has 0 saturated carbocycles. The van der Waals surface area contributed by atoms with Gasteiger partial charge in [-0.15, -0.1) is 0 Å².